The van der Waals surface area contributed by atoms with Crippen LogP contribution in [0.4, 0.5) is 5.82 Å². The predicted octanol–water partition coefficient (Wildman–Crippen LogP) is 2.84. The summed E-state index contributed by atoms with van der Waals surface area (Å²) < 4.78 is 33.6. The summed E-state index contributed by atoms with van der Waals surface area (Å²) >= 11 is 0. The Morgan fingerprint density at radius 3 is 2.61 bits per heavy atom. The van der Waals surface area contributed by atoms with Gasteiger partial charge < -0.3 is 14.2 Å². The van der Waals surface area contributed by atoms with Gasteiger partial charge >= 0.3 is 0 Å². The molecule has 1 saturated heterocycles. The molecule has 3 aromatic rings. The van der Waals surface area contributed by atoms with Gasteiger partial charge in [0.05, 0.1) is 28.7 Å². The molecule has 0 aliphatic carbocycles. The van der Waals surface area contributed by atoms with Gasteiger partial charge in [-0.05, 0) is 24.2 Å². The molecule has 0 saturated carbocycles. The summed E-state index contributed by atoms with van der Waals surface area (Å²) in [5, 5.41) is 0. The first-order valence-electron chi connectivity index (χ1n) is 9.72. The summed E-state index contributed by atoms with van der Waals surface area (Å²) in [5.41, 5.74) is 2.90. The third-order valence-electron chi connectivity index (χ3n) is 5.26. The van der Waals surface area contributed by atoms with Crippen LogP contribution in [0.3, 0.4) is 0 Å². The van der Waals surface area contributed by atoms with Crippen LogP contribution in [0.15, 0.2) is 30.6 Å². The molecule has 1 fully saturated rings. The number of hydrogen-bond donors (Lipinski definition) is 0. The van der Waals surface area contributed by atoms with Crippen LogP contribution in [0.1, 0.15) is 0 Å². The monoisotopic (exact) mass is 420 g/mol. The lowest BCUT2D eigenvalue weighted by Gasteiger charge is -2.28. The Kier molecular flexibility index (Phi) is 5.01. The van der Waals surface area contributed by atoms with Crippen LogP contribution in [0.2, 0.25) is 25.7 Å². The molecular weight excluding hydrogens is 392 g/mol. The van der Waals surface area contributed by atoms with E-state index in [2.05, 4.69) is 46.1 Å². The van der Waals surface area contributed by atoms with E-state index in [0.29, 0.717) is 19.8 Å². The molecule has 9 heteroatoms. The Bertz CT molecular complexity index is 1080. The molecule has 3 aromatic heterocycles. The first kappa shape index (κ1) is 19.5. The van der Waals surface area contributed by atoms with Gasteiger partial charge in [-0.1, -0.05) is 19.6 Å². The third kappa shape index (κ3) is 3.97. The number of hydrogen-bond acceptors (Lipinski definition) is 5. The molecule has 0 N–H and O–H groups in total. The first-order chi connectivity index (χ1) is 13.2. The van der Waals surface area contributed by atoms with Gasteiger partial charge in [-0.15, -0.1) is 0 Å². The number of anilines is 1. The lowest BCUT2D eigenvalue weighted by atomic mass is 10.4. The second-order valence-corrected chi connectivity index (χ2v) is 16.6. The second kappa shape index (κ2) is 7.20. The quantitative estimate of drug-likeness (QED) is 0.453. The summed E-state index contributed by atoms with van der Waals surface area (Å²) in [6, 6.07) is 7.29. The highest BCUT2D eigenvalue weighted by molar-refractivity contribution is 7.91. The van der Waals surface area contributed by atoms with E-state index in [9.17, 15) is 8.42 Å². The Balaban J connectivity index is 1.59. The van der Waals surface area contributed by atoms with E-state index in [1.807, 2.05) is 23.0 Å². The molecule has 0 radical (unpaired) electrons. The SMILES string of the molecule is C[Si](C)(C)CCOCn1ccc2c1ncc1ccc(N3CCS(=O)(=O)CC3)n12. The van der Waals surface area contributed by atoms with Gasteiger partial charge in [0, 0.05) is 34.0 Å². The molecule has 0 bridgehead atoms. The molecule has 4 heterocycles. The average Bonchev–Trinajstić information content (AvgIpc) is 3.21. The predicted molar refractivity (Wildman–Crippen MR) is 116 cm³/mol. The van der Waals surface area contributed by atoms with Crippen molar-refractivity contribution in [2.75, 3.05) is 36.1 Å². The first-order valence-corrected chi connectivity index (χ1v) is 15.2. The summed E-state index contributed by atoms with van der Waals surface area (Å²) in [7, 11) is -4.00. The number of aromatic nitrogens is 3. The van der Waals surface area contributed by atoms with Crippen molar-refractivity contribution < 1.29 is 13.2 Å². The molecule has 152 valence electrons. The highest BCUT2D eigenvalue weighted by atomic mass is 32.2. The Morgan fingerprint density at radius 1 is 1.14 bits per heavy atom. The van der Waals surface area contributed by atoms with Crippen LogP contribution >= 0.6 is 0 Å². The molecule has 4 rings (SSSR count). The molecule has 0 aromatic carbocycles. The van der Waals surface area contributed by atoms with Crippen molar-refractivity contribution >= 4 is 40.4 Å². The largest absolute Gasteiger partial charge is 0.361 e. The highest BCUT2D eigenvalue weighted by Crippen LogP contribution is 2.26. The number of fused-ring (bicyclic) bond motifs is 3. The smallest absolute Gasteiger partial charge is 0.158 e. The van der Waals surface area contributed by atoms with Gasteiger partial charge in [0.15, 0.2) is 15.5 Å². The van der Waals surface area contributed by atoms with Crippen molar-refractivity contribution in [1.29, 1.82) is 0 Å². The van der Waals surface area contributed by atoms with Crippen LogP contribution in [0.5, 0.6) is 0 Å². The fourth-order valence-corrected chi connectivity index (χ4v) is 5.49. The van der Waals surface area contributed by atoms with Crippen LogP contribution in [-0.4, -0.2) is 61.6 Å². The van der Waals surface area contributed by atoms with Crippen LogP contribution < -0.4 is 4.90 Å². The Labute approximate surface area is 166 Å². The van der Waals surface area contributed by atoms with Gasteiger partial charge in [-0.25, -0.2) is 13.4 Å². The van der Waals surface area contributed by atoms with Gasteiger partial charge in [0.1, 0.15) is 12.5 Å². The second-order valence-electron chi connectivity index (χ2n) is 8.69. The maximum Gasteiger partial charge on any atom is 0.158 e. The number of ether oxygens (including phenoxy) is 1. The molecule has 7 nitrogen and oxygen atoms in total. The maximum absolute atomic E-state index is 11.8. The van der Waals surface area contributed by atoms with Crippen molar-refractivity contribution in [1.82, 2.24) is 14.0 Å². The van der Waals surface area contributed by atoms with Gasteiger partial charge in [-0.3, -0.25) is 4.40 Å². The van der Waals surface area contributed by atoms with Crippen LogP contribution in [0, 0.1) is 0 Å². The summed E-state index contributed by atoms with van der Waals surface area (Å²) in [6.45, 7) is 9.36. The minimum Gasteiger partial charge on any atom is -0.361 e. The lowest BCUT2D eigenvalue weighted by Crippen LogP contribution is -2.40. The number of rotatable bonds is 6. The Morgan fingerprint density at radius 2 is 1.89 bits per heavy atom. The van der Waals surface area contributed by atoms with Gasteiger partial charge in [0.2, 0.25) is 0 Å². The van der Waals surface area contributed by atoms with E-state index < -0.39 is 17.9 Å². The van der Waals surface area contributed by atoms with E-state index >= 15 is 0 Å². The number of nitrogens with zero attached hydrogens (tertiary/aromatic N) is 4. The molecule has 0 unspecified atom stereocenters. The van der Waals surface area contributed by atoms with Crippen LogP contribution in [-0.2, 0) is 21.3 Å². The minimum absolute atomic E-state index is 0.209. The average molecular weight is 421 g/mol. The van der Waals surface area contributed by atoms with Crippen LogP contribution in [0.25, 0.3) is 16.7 Å². The molecule has 1 aliphatic rings. The topological polar surface area (TPSA) is 68.8 Å². The minimum atomic E-state index is -2.90. The van der Waals surface area contributed by atoms with E-state index in [4.69, 9.17) is 4.74 Å². The maximum atomic E-state index is 11.8. The van der Waals surface area contributed by atoms with E-state index in [-0.39, 0.29) is 11.5 Å². The zero-order chi connectivity index (χ0) is 19.9. The van der Waals surface area contributed by atoms with Gasteiger partial charge in [-0.2, -0.15) is 0 Å². The zero-order valence-corrected chi connectivity index (χ0v) is 18.6. The van der Waals surface area contributed by atoms with Crippen molar-refractivity contribution in [3.8, 4) is 0 Å². The molecular formula is C19H28N4O3SSi. The van der Waals surface area contributed by atoms with Crippen molar-refractivity contribution in [3.63, 3.8) is 0 Å². The molecule has 0 atom stereocenters. The van der Waals surface area contributed by atoms with Crippen molar-refractivity contribution in [2.45, 2.75) is 32.4 Å². The van der Waals surface area contributed by atoms with Crippen molar-refractivity contribution in [3.05, 3.63) is 30.6 Å². The normalized spacial score (nSPS) is 17.6. The van der Waals surface area contributed by atoms with E-state index in [1.54, 1.807) is 0 Å². The standard InChI is InChI=1S/C19H28N4O3SSi/c1-28(2,3)13-10-26-15-22-7-6-17-19(22)20-14-16-4-5-18(23(16)17)21-8-11-27(24,25)12-9-21/h4-7,14H,8-13,15H2,1-3H3. The fourth-order valence-electron chi connectivity index (χ4n) is 3.53. The van der Waals surface area contributed by atoms with Crippen molar-refractivity contribution in [2.24, 2.45) is 0 Å². The molecule has 1 aliphatic heterocycles. The van der Waals surface area contributed by atoms with E-state index in [1.165, 1.54) is 0 Å². The number of sulfone groups is 1. The molecule has 28 heavy (non-hydrogen) atoms. The summed E-state index contributed by atoms with van der Waals surface area (Å²) in [6.07, 6.45) is 3.88. The fraction of sp³-hybridized carbons (Fsp3) is 0.526. The lowest BCUT2D eigenvalue weighted by molar-refractivity contribution is 0.0899. The Hall–Kier alpha value is -1.84. The third-order valence-corrected chi connectivity index (χ3v) is 8.57. The van der Waals surface area contributed by atoms with E-state index in [0.717, 1.165) is 35.1 Å². The zero-order valence-electron chi connectivity index (χ0n) is 16.8. The summed E-state index contributed by atoms with van der Waals surface area (Å²) in [4.78, 5) is 6.78. The molecule has 0 spiro atoms. The summed E-state index contributed by atoms with van der Waals surface area (Å²) in [5.74, 6) is 1.44. The highest BCUT2D eigenvalue weighted by Gasteiger charge is 2.24. The van der Waals surface area contributed by atoms with Gasteiger partial charge in [0.25, 0.3) is 0 Å². The molecule has 0 amide bonds.